The second kappa shape index (κ2) is 3.31. The van der Waals surface area contributed by atoms with E-state index in [1.54, 1.807) is 13.2 Å². The van der Waals surface area contributed by atoms with Crippen LogP contribution in [0.25, 0.3) is 10.1 Å². The van der Waals surface area contributed by atoms with Crippen LogP contribution in [-0.4, -0.2) is 13.4 Å². The Hall–Kier alpha value is -1.55. The van der Waals surface area contributed by atoms with Crippen molar-refractivity contribution in [2.45, 2.75) is 0 Å². The van der Waals surface area contributed by atoms with Gasteiger partial charge in [0.15, 0.2) is 12.0 Å². The van der Waals surface area contributed by atoms with Gasteiger partial charge in [-0.1, -0.05) is 12.1 Å². The number of methoxy groups -OCH3 is 1. The largest absolute Gasteiger partial charge is 0.493 e. The van der Waals surface area contributed by atoms with Gasteiger partial charge in [0.1, 0.15) is 5.00 Å². The Morgan fingerprint density at radius 3 is 2.93 bits per heavy atom. The number of hydrogen-bond donors (Lipinski definition) is 1. The summed E-state index contributed by atoms with van der Waals surface area (Å²) in [4.78, 5) is 10.8. The van der Waals surface area contributed by atoms with E-state index in [4.69, 9.17) is 10.5 Å². The lowest BCUT2D eigenvalue weighted by molar-refractivity contribution is 0.112. The Morgan fingerprint density at radius 1 is 1.50 bits per heavy atom. The fraction of sp³-hybridized carbons (Fsp3) is 0.100. The smallest absolute Gasteiger partial charge is 0.160 e. The van der Waals surface area contributed by atoms with Crippen molar-refractivity contribution in [2.24, 2.45) is 0 Å². The lowest BCUT2D eigenvalue weighted by Gasteiger charge is -1.98. The summed E-state index contributed by atoms with van der Waals surface area (Å²) in [6.07, 6.45) is 0.831. The van der Waals surface area contributed by atoms with Crippen LogP contribution in [0.5, 0.6) is 5.75 Å². The molecule has 2 aromatic rings. The van der Waals surface area contributed by atoms with Crippen molar-refractivity contribution in [1.82, 2.24) is 0 Å². The van der Waals surface area contributed by atoms with E-state index in [-0.39, 0.29) is 0 Å². The highest BCUT2D eigenvalue weighted by molar-refractivity contribution is 7.23. The van der Waals surface area contributed by atoms with Crippen molar-refractivity contribution >= 4 is 32.7 Å². The Labute approximate surface area is 85.1 Å². The van der Waals surface area contributed by atoms with Crippen molar-refractivity contribution in [2.75, 3.05) is 12.8 Å². The first-order valence-corrected chi connectivity index (χ1v) is 4.89. The van der Waals surface area contributed by atoms with Crippen LogP contribution in [0.15, 0.2) is 18.2 Å². The Balaban J connectivity index is 2.85. The average molecular weight is 207 g/mol. The lowest BCUT2D eigenvalue weighted by atomic mass is 10.2. The fourth-order valence-corrected chi connectivity index (χ4v) is 2.45. The normalized spacial score (nSPS) is 10.4. The molecule has 0 saturated carbocycles. The highest BCUT2D eigenvalue weighted by Crippen LogP contribution is 2.40. The third kappa shape index (κ3) is 1.15. The molecular weight excluding hydrogens is 198 g/mol. The highest BCUT2D eigenvalue weighted by Gasteiger charge is 2.12. The zero-order valence-electron chi connectivity index (χ0n) is 7.61. The first-order valence-electron chi connectivity index (χ1n) is 4.08. The van der Waals surface area contributed by atoms with E-state index in [0.29, 0.717) is 16.3 Å². The summed E-state index contributed by atoms with van der Waals surface area (Å²) in [6.45, 7) is 0. The summed E-state index contributed by atoms with van der Waals surface area (Å²) in [7, 11) is 1.57. The summed E-state index contributed by atoms with van der Waals surface area (Å²) in [5.41, 5.74) is 6.42. The van der Waals surface area contributed by atoms with Gasteiger partial charge >= 0.3 is 0 Å². The van der Waals surface area contributed by atoms with Crippen molar-refractivity contribution < 1.29 is 9.53 Å². The van der Waals surface area contributed by atoms with Crippen LogP contribution < -0.4 is 10.5 Å². The maximum Gasteiger partial charge on any atom is 0.160 e. The molecule has 1 aromatic carbocycles. The molecule has 14 heavy (non-hydrogen) atoms. The van der Waals surface area contributed by atoms with Gasteiger partial charge in [-0.15, -0.1) is 11.3 Å². The number of aldehydes is 1. The molecule has 2 rings (SSSR count). The van der Waals surface area contributed by atoms with E-state index in [1.165, 1.54) is 11.3 Å². The molecule has 0 aliphatic carbocycles. The van der Waals surface area contributed by atoms with E-state index in [0.717, 1.165) is 16.4 Å². The van der Waals surface area contributed by atoms with Gasteiger partial charge in [-0.25, -0.2) is 0 Å². The van der Waals surface area contributed by atoms with Crippen molar-refractivity contribution in [1.29, 1.82) is 0 Å². The number of benzene rings is 1. The number of nitrogens with two attached hydrogens (primary N) is 1. The van der Waals surface area contributed by atoms with Gasteiger partial charge in [-0.05, 0) is 6.07 Å². The number of hydrogen-bond acceptors (Lipinski definition) is 4. The summed E-state index contributed by atoms with van der Waals surface area (Å²) in [6, 6.07) is 5.49. The summed E-state index contributed by atoms with van der Waals surface area (Å²) >= 11 is 1.38. The average Bonchev–Trinajstić information content (AvgIpc) is 2.52. The molecule has 3 nitrogen and oxygen atoms in total. The molecule has 0 unspecified atom stereocenters. The number of carbonyl (C=O) groups excluding carboxylic acids is 1. The molecular formula is C10H9NO2S. The minimum absolute atomic E-state index is 0.608. The monoisotopic (exact) mass is 207 g/mol. The topological polar surface area (TPSA) is 52.3 Å². The number of rotatable bonds is 2. The maximum atomic E-state index is 10.8. The first kappa shape index (κ1) is 9.02. The molecule has 0 atom stereocenters. The first-order chi connectivity index (χ1) is 6.77. The molecule has 0 aliphatic rings. The van der Waals surface area contributed by atoms with Crippen LogP contribution in [0.1, 0.15) is 10.4 Å². The van der Waals surface area contributed by atoms with Gasteiger partial charge in [0.2, 0.25) is 0 Å². The third-order valence-electron chi connectivity index (χ3n) is 2.06. The summed E-state index contributed by atoms with van der Waals surface area (Å²) in [5.74, 6) is 0.661. The van der Waals surface area contributed by atoms with Gasteiger partial charge in [0, 0.05) is 10.9 Å². The summed E-state index contributed by atoms with van der Waals surface area (Å²) < 4.78 is 6.05. The van der Waals surface area contributed by atoms with E-state index in [1.807, 2.05) is 12.1 Å². The number of ether oxygens (including phenoxy) is 1. The van der Waals surface area contributed by atoms with Crippen LogP contribution in [0, 0.1) is 0 Å². The van der Waals surface area contributed by atoms with Crippen molar-refractivity contribution in [3.63, 3.8) is 0 Å². The lowest BCUT2D eigenvalue weighted by Crippen LogP contribution is -1.86. The van der Waals surface area contributed by atoms with Crippen LogP contribution in [0.3, 0.4) is 0 Å². The number of anilines is 1. The van der Waals surface area contributed by atoms with Crippen LogP contribution in [0.2, 0.25) is 0 Å². The number of fused-ring (bicyclic) bond motifs is 1. The SMILES string of the molecule is COc1c(N)sc2c(C=O)cccc12. The molecule has 0 spiro atoms. The maximum absolute atomic E-state index is 10.8. The van der Waals surface area contributed by atoms with E-state index in [9.17, 15) is 4.79 Å². The molecule has 1 heterocycles. The Morgan fingerprint density at radius 2 is 2.29 bits per heavy atom. The molecule has 0 saturated heterocycles. The number of nitrogen functional groups attached to an aromatic ring is 1. The highest BCUT2D eigenvalue weighted by atomic mass is 32.1. The van der Waals surface area contributed by atoms with Crippen LogP contribution >= 0.6 is 11.3 Å². The molecule has 1 aromatic heterocycles. The Kier molecular flexibility index (Phi) is 2.13. The second-order valence-electron chi connectivity index (χ2n) is 2.84. The molecule has 0 amide bonds. The molecule has 4 heteroatoms. The molecule has 0 radical (unpaired) electrons. The predicted octanol–water partition coefficient (Wildman–Crippen LogP) is 2.30. The van der Waals surface area contributed by atoms with Gasteiger partial charge in [0.05, 0.1) is 11.8 Å². The Bertz CT molecular complexity index is 490. The van der Waals surface area contributed by atoms with E-state index >= 15 is 0 Å². The number of thiophene rings is 1. The van der Waals surface area contributed by atoms with E-state index in [2.05, 4.69) is 0 Å². The van der Waals surface area contributed by atoms with Crippen molar-refractivity contribution in [3.05, 3.63) is 23.8 Å². The molecule has 0 bridgehead atoms. The second-order valence-corrected chi connectivity index (χ2v) is 3.89. The summed E-state index contributed by atoms with van der Waals surface area (Å²) in [5, 5.41) is 1.51. The van der Waals surface area contributed by atoms with Gasteiger partial charge in [-0.2, -0.15) is 0 Å². The van der Waals surface area contributed by atoms with Crippen LogP contribution in [0.4, 0.5) is 5.00 Å². The number of carbonyl (C=O) groups is 1. The third-order valence-corrected chi connectivity index (χ3v) is 3.12. The van der Waals surface area contributed by atoms with Gasteiger partial charge < -0.3 is 10.5 Å². The molecule has 0 fully saturated rings. The quantitative estimate of drug-likeness (QED) is 0.769. The fourth-order valence-electron chi connectivity index (χ4n) is 1.44. The van der Waals surface area contributed by atoms with Gasteiger partial charge in [0.25, 0.3) is 0 Å². The van der Waals surface area contributed by atoms with E-state index < -0.39 is 0 Å². The van der Waals surface area contributed by atoms with Crippen molar-refractivity contribution in [3.8, 4) is 5.75 Å². The minimum Gasteiger partial charge on any atom is -0.493 e. The standard InChI is InChI=1S/C10H9NO2S/c1-13-8-7-4-2-3-6(5-12)9(7)14-10(8)11/h2-5H,11H2,1H3. The zero-order valence-corrected chi connectivity index (χ0v) is 8.43. The van der Waals surface area contributed by atoms with Crippen LogP contribution in [-0.2, 0) is 0 Å². The predicted molar refractivity (Wildman–Crippen MR) is 58.2 cm³/mol. The van der Waals surface area contributed by atoms with Gasteiger partial charge in [-0.3, -0.25) is 4.79 Å². The molecule has 72 valence electrons. The zero-order chi connectivity index (χ0) is 10.1. The minimum atomic E-state index is 0.608. The molecule has 0 aliphatic heterocycles. The molecule has 2 N–H and O–H groups in total.